The lowest BCUT2D eigenvalue weighted by atomic mass is 9.75. The second-order valence-corrected chi connectivity index (χ2v) is 5.73. The van der Waals surface area contributed by atoms with E-state index < -0.39 is 17.3 Å². The minimum Gasteiger partial charge on any atom is -0.486 e. The maximum atomic E-state index is 13.4. The highest BCUT2D eigenvalue weighted by atomic mass is 19.4. The molecule has 6 heteroatoms. The Balaban J connectivity index is 2.19. The lowest BCUT2D eigenvalue weighted by Gasteiger charge is -2.38. The van der Waals surface area contributed by atoms with Crippen LogP contribution >= 0.6 is 0 Å². The first-order chi connectivity index (χ1) is 9.92. The first-order valence-electron chi connectivity index (χ1n) is 7.21. The first kappa shape index (κ1) is 14.5. The molecule has 0 aromatic heterocycles. The summed E-state index contributed by atoms with van der Waals surface area (Å²) >= 11 is 0. The van der Waals surface area contributed by atoms with Gasteiger partial charge in [0.15, 0.2) is 11.5 Å². The molecular formula is C15H18F3NO2. The summed E-state index contributed by atoms with van der Waals surface area (Å²) < 4.78 is 51.1. The quantitative estimate of drug-likeness (QED) is 0.862. The summed E-state index contributed by atoms with van der Waals surface area (Å²) in [5.41, 5.74) is 4.75. The average Bonchev–Trinajstić information content (AvgIpc) is 2.46. The topological polar surface area (TPSA) is 44.5 Å². The lowest BCUT2D eigenvalue weighted by molar-refractivity contribution is -0.139. The van der Waals surface area contributed by atoms with Crippen molar-refractivity contribution in [2.24, 2.45) is 5.73 Å². The number of benzene rings is 1. The molecule has 0 unspecified atom stereocenters. The highest BCUT2D eigenvalue weighted by molar-refractivity contribution is 5.55. The van der Waals surface area contributed by atoms with Gasteiger partial charge in [-0.05, 0) is 25.0 Å². The van der Waals surface area contributed by atoms with Crippen molar-refractivity contribution >= 4 is 0 Å². The van der Waals surface area contributed by atoms with Crippen LogP contribution in [0.3, 0.4) is 0 Å². The molecule has 0 spiro atoms. The Bertz CT molecular complexity index is 536. The van der Waals surface area contributed by atoms with E-state index in [9.17, 15) is 13.2 Å². The maximum absolute atomic E-state index is 13.4. The SMILES string of the molecule is NC1(c2c(C(F)(F)F)ccc3c2OCCO3)CCCCC1. The molecule has 1 aliphatic carbocycles. The van der Waals surface area contributed by atoms with E-state index in [0.717, 1.165) is 25.3 Å². The van der Waals surface area contributed by atoms with Crippen molar-refractivity contribution in [1.29, 1.82) is 0 Å². The molecule has 1 aromatic rings. The summed E-state index contributed by atoms with van der Waals surface area (Å²) in [6, 6.07) is 2.39. The molecule has 21 heavy (non-hydrogen) atoms. The largest absolute Gasteiger partial charge is 0.486 e. The van der Waals surface area contributed by atoms with E-state index in [1.54, 1.807) is 0 Å². The highest BCUT2D eigenvalue weighted by Crippen LogP contribution is 2.49. The molecule has 0 bridgehead atoms. The van der Waals surface area contributed by atoms with Crippen molar-refractivity contribution in [2.45, 2.75) is 43.8 Å². The molecule has 1 saturated carbocycles. The predicted molar refractivity (Wildman–Crippen MR) is 71.4 cm³/mol. The minimum absolute atomic E-state index is 0.0758. The summed E-state index contributed by atoms with van der Waals surface area (Å²) in [5.74, 6) is 0.542. The number of hydrogen-bond acceptors (Lipinski definition) is 3. The van der Waals surface area contributed by atoms with Gasteiger partial charge in [-0.15, -0.1) is 0 Å². The first-order valence-corrected chi connectivity index (χ1v) is 7.21. The van der Waals surface area contributed by atoms with Crippen LogP contribution in [0.2, 0.25) is 0 Å². The number of fused-ring (bicyclic) bond motifs is 1. The van der Waals surface area contributed by atoms with Crippen LogP contribution < -0.4 is 15.2 Å². The van der Waals surface area contributed by atoms with Gasteiger partial charge in [-0.25, -0.2) is 0 Å². The van der Waals surface area contributed by atoms with E-state index in [2.05, 4.69) is 0 Å². The highest BCUT2D eigenvalue weighted by Gasteiger charge is 2.44. The van der Waals surface area contributed by atoms with Crippen molar-refractivity contribution in [3.8, 4) is 11.5 Å². The van der Waals surface area contributed by atoms with Gasteiger partial charge in [-0.3, -0.25) is 0 Å². The van der Waals surface area contributed by atoms with Crippen molar-refractivity contribution < 1.29 is 22.6 Å². The van der Waals surface area contributed by atoms with Crippen molar-refractivity contribution in [1.82, 2.24) is 0 Å². The molecule has 2 aliphatic rings. The second-order valence-electron chi connectivity index (χ2n) is 5.73. The Hall–Kier alpha value is -1.43. The molecular weight excluding hydrogens is 283 g/mol. The second kappa shape index (κ2) is 5.09. The summed E-state index contributed by atoms with van der Waals surface area (Å²) in [5, 5.41) is 0. The van der Waals surface area contributed by atoms with Crippen molar-refractivity contribution in [3.05, 3.63) is 23.3 Å². The molecule has 0 radical (unpaired) electrons. The van der Waals surface area contributed by atoms with Gasteiger partial charge >= 0.3 is 6.18 Å². The van der Waals surface area contributed by atoms with Gasteiger partial charge < -0.3 is 15.2 Å². The van der Waals surface area contributed by atoms with Crippen LogP contribution in [0, 0.1) is 0 Å². The van der Waals surface area contributed by atoms with E-state index in [0.29, 0.717) is 25.2 Å². The fourth-order valence-corrected chi connectivity index (χ4v) is 3.28. The molecule has 1 aromatic carbocycles. The predicted octanol–water partition coefficient (Wildman–Crippen LogP) is 3.59. The van der Waals surface area contributed by atoms with Crippen LogP contribution in [0.5, 0.6) is 11.5 Å². The number of rotatable bonds is 1. The molecule has 0 saturated heterocycles. The van der Waals surface area contributed by atoms with Gasteiger partial charge in [-0.1, -0.05) is 19.3 Å². The Morgan fingerprint density at radius 1 is 1.00 bits per heavy atom. The zero-order valence-corrected chi connectivity index (χ0v) is 11.6. The van der Waals surface area contributed by atoms with Crippen molar-refractivity contribution in [2.75, 3.05) is 13.2 Å². The average molecular weight is 301 g/mol. The standard InChI is InChI=1S/C15H18F3NO2/c16-15(17,18)10-4-5-11-13(21-9-8-20-11)12(10)14(19)6-2-1-3-7-14/h4-5H,1-3,6-9,19H2. The minimum atomic E-state index is -4.45. The molecule has 1 heterocycles. The van der Waals surface area contributed by atoms with Crippen LogP contribution in [-0.4, -0.2) is 13.2 Å². The Kier molecular flexibility index (Phi) is 3.51. The molecule has 0 atom stereocenters. The Morgan fingerprint density at radius 2 is 1.67 bits per heavy atom. The zero-order chi connectivity index (χ0) is 15.1. The monoisotopic (exact) mass is 301 g/mol. The molecule has 1 aliphatic heterocycles. The van der Waals surface area contributed by atoms with Gasteiger partial charge in [-0.2, -0.15) is 13.2 Å². The number of ether oxygens (including phenoxy) is 2. The Morgan fingerprint density at radius 3 is 2.33 bits per heavy atom. The molecule has 3 rings (SSSR count). The third-order valence-corrected chi connectivity index (χ3v) is 4.26. The van der Waals surface area contributed by atoms with Crippen molar-refractivity contribution in [3.63, 3.8) is 0 Å². The smallest absolute Gasteiger partial charge is 0.416 e. The fourth-order valence-electron chi connectivity index (χ4n) is 3.28. The lowest BCUT2D eigenvalue weighted by Crippen LogP contribution is -2.41. The maximum Gasteiger partial charge on any atom is 0.416 e. The molecule has 2 N–H and O–H groups in total. The summed E-state index contributed by atoms with van der Waals surface area (Å²) in [4.78, 5) is 0. The molecule has 3 nitrogen and oxygen atoms in total. The number of hydrogen-bond donors (Lipinski definition) is 1. The third kappa shape index (κ3) is 2.57. The van der Waals surface area contributed by atoms with Gasteiger partial charge in [0.05, 0.1) is 5.56 Å². The van der Waals surface area contributed by atoms with Crippen LogP contribution in [0.4, 0.5) is 13.2 Å². The van der Waals surface area contributed by atoms with Gasteiger partial charge in [0.25, 0.3) is 0 Å². The van der Waals surface area contributed by atoms with E-state index in [1.165, 1.54) is 6.07 Å². The molecule has 0 amide bonds. The van der Waals surface area contributed by atoms with Gasteiger partial charge in [0.1, 0.15) is 13.2 Å². The van der Waals surface area contributed by atoms with Crippen LogP contribution in [0.1, 0.15) is 43.2 Å². The molecule has 116 valence electrons. The normalized spacial score (nSPS) is 21.1. The fraction of sp³-hybridized carbons (Fsp3) is 0.600. The van der Waals surface area contributed by atoms with Crippen LogP contribution in [0.25, 0.3) is 0 Å². The van der Waals surface area contributed by atoms with E-state index in [4.69, 9.17) is 15.2 Å². The van der Waals surface area contributed by atoms with Gasteiger partial charge in [0.2, 0.25) is 0 Å². The number of alkyl halides is 3. The summed E-state index contributed by atoms with van der Waals surface area (Å²) in [7, 11) is 0. The van der Waals surface area contributed by atoms with E-state index >= 15 is 0 Å². The van der Waals surface area contributed by atoms with Crippen LogP contribution in [-0.2, 0) is 11.7 Å². The zero-order valence-electron chi connectivity index (χ0n) is 11.6. The summed E-state index contributed by atoms with van der Waals surface area (Å²) in [6.45, 7) is 0.590. The van der Waals surface area contributed by atoms with Crippen LogP contribution in [0.15, 0.2) is 12.1 Å². The third-order valence-electron chi connectivity index (χ3n) is 4.26. The van der Waals surface area contributed by atoms with E-state index in [1.807, 2.05) is 0 Å². The Labute approximate surface area is 121 Å². The molecule has 1 fully saturated rings. The summed E-state index contributed by atoms with van der Waals surface area (Å²) in [6.07, 6.45) is -0.704. The number of halogens is 3. The van der Waals surface area contributed by atoms with Gasteiger partial charge in [0, 0.05) is 11.1 Å². The number of nitrogens with two attached hydrogens (primary N) is 1. The van der Waals surface area contributed by atoms with E-state index in [-0.39, 0.29) is 17.9 Å².